The van der Waals surface area contributed by atoms with Crippen molar-refractivity contribution in [1.29, 1.82) is 0 Å². The van der Waals surface area contributed by atoms with E-state index >= 15 is 0 Å². The molecule has 2 amide bonds. The van der Waals surface area contributed by atoms with Gasteiger partial charge in [-0.3, -0.25) is 19.7 Å². The van der Waals surface area contributed by atoms with Crippen molar-refractivity contribution < 1.29 is 28.8 Å². The molecule has 0 bridgehead atoms. The van der Waals surface area contributed by atoms with Gasteiger partial charge in [-0.15, -0.1) is 11.3 Å². The second-order valence-electron chi connectivity index (χ2n) is 9.57. The Bertz CT molecular complexity index is 2070. The van der Waals surface area contributed by atoms with E-state index in [9.17, 15) is 24.5 Å². The standard InChI is InChI=1S/C32H21Cl3N4O7S/c1-2-45-26-13-17(3-12-25(26)46-32(42)22-10-6-19(33)14-24(22)34)16-36-38-30(40)18-4-7-20(8-5-18)37-31(41)29-28(35)23-11-9-21(39(43)44)15-27(23)47-29/h3-16H,2H2,1H3,(H,37,41)(H,38,40)/b36-16-. The van der Waals surface area contributed by atoms with Crippen LogP contribution in [0.4, 0.5) is 11.4 Å². The first kappa shape index (κ1) is 33.4. The van der Waals surface area contributed by atoms with Crippen LogP contribution in [0.5, 0.6) is 11.5 Å². The number of thiophene rings is 1. The van der Waals surface area contributed by atoms with Crippen LogP contribution in [0.2, 0.25) is 15.1 Å². The van der Waals surface area contributed by atoms with E-state index in [4.69, 9.17) is 44.3 Å². The molecule has 1 aromatic heterocycles. The van der Waals surface area contributed by atoms with Gasteiger partial charge in [0.2, 0.25) is 0 Å². The fraction of sp³-hybridized carbons (Fsp3) is 0.0625. The highest BCUT2D eigenvalue weighted by Gasteiger charge is 2.20. The molecule has 238 valence electrons. The van der Waals surface area contributed by atoms with Crippen molar-refractivity contribution in [2.75, 3.05) is 11.9 Å². The number of carbonyl (C=O) groups excluding carboxylic acids is 3. The Morgan fingerprint density at radius 2 is 1.70 bits per heavy atom. The summed E-state index contributed by atoms with van der Waals surface area (Å²) in [7, 11) is 0. The number of benzene rings is 4. The van der Waals surface area contributed by atoms with Crippen LogP contribution >= 0.6 is 46.1 Å². The Morgan fingerprint density at radius 1 is 0.936 bits per heavy atom. The van der Waals surface area contributed by atoms with Crippen molar-refractivity contribution in [2.45, 2.75) is 6.92 Å². The van der Waals surface area contributed by atoms with Crippen molar-refractivity contribution >= 4 is 91.6 Å². The molecule has 0 aliphatic heterocycles. The molecule has 5 rings (SSSR count). The highest BCUT2D eigenvalue weighted by molar-refractivity contribution is 7.21. The highest BCUT2D eigenvalue weighted by atomic mass is 35.5. The lowest BCUT2D eigenvalue weighted by atomic mass is 10.2. The molecular weight excluding hydrogens is 691 g/mol. The number of nitrogens with zero attached hydrogens (tertiary/aromatic N) is 2. The maximum Gasteiger partial charge on any atom is 0.345 e. The van der Waals surface area contributed by atoms with Gasteiger partial charge in [-0.2, -0.15) is 5.10 Å². The summed E-state index contributed by atoms with van der Waals surface area (Å²) >= 11 is 19.4. The Kier molecular flexibility index (Phi) is 10.4. The summed E-state index contributed by atoms with van der Waals surface area (Å²) < 4.78 is 11.6. The first-order chi connectivity index (χ1) is 22.5. The van der Waals surface area contributed by atoms with Crippen LogP contribution < -0.4 is 20.2 Å². The van der Waals surface area contributed by atoms with Gasteiger partial charge < -0.3 is 14.8 Å². The topological polar surface area (TPSA) is 149 Å². The van der Waals surface area contributed by atoms with Crippen LogP contribution in [0.15, 0.2) is 84.0 Å². The van der Waals surface area contributed by atoms with Crippen molar-refractivity contribution in [3.05, 3.63) is 126 Å². The zero-order valence-electron chi connectivity index (χ0n) is 24.1. The average molecular weight is 712 g/mol. The van der Waals surface area contributed by atoms with E-state index in [0.29, 0.717) is 33.0 Å². The molecule has 0 unspecified atom stereocenters. The second kappa shape index (κ2) is 14.6. The number of non-ortho nitro benzene ring substituents is 1. The molecule has 0 spiro atoms. The van der Waals surface area contributed by atoms with Crippen molar-refractivity contribution in [3.63, 3.8) is 0 Å². The molecule has 5 aromatic rings. The summed E-state index contributed by atoms with van der Waals surface area (Å²) in [5.74, 6) is -1.26. The number of fused-ring (bicyclic) bond motifs is 1. The van der Waals surface area contributed by atoms with Gasteiger partial charge in [0, 0.05) is 38.5 Å². The number of rotatable bonds is 10. The summed E-state index contributed by atoms with van der Waals surface area (Å²) in [6, 6.07) is 19.4. The summed E-state index contributed by atoms with van der Waals surface area (Å²) in [5.41, 5.74) is 3.68. The molecule has 47 heavy (non-hydrogen) atoms. The smallest absolute Gasteiger partial charge is 0.345 e. The van der Waals surface area contributed by atoms with Gasteiger partial charge in [0.1, 0.15) is 4.88 Å². The number of hydrogen-bond donors (Lipinski definition) is 2. The first-order valence-corrected chi connectivity index (χ1v) is 15.5. The molecule has 11 nitrogen and oxygen atoms in total. The minimum atomic E-state index is -0.691. The first-order valence-electron chi connectivity index (χ1n) is 13.6. The molecule has 4 aromatic carbocycles. The summed E-state index contributed by atoms with van der Waals surface area (Å²) in [6.45, 7) is 2.07. The SMILES string of the molecule is CCOc1cc(/C=N\NC(=O)c2ccc(NC(=O)c3sc4cc([N+](=O)[O-])ccc4c3Cl)cc2)ccc1OC(=O)c1ccc(Cl)cc1Cl. The van der Waals surface area contributed by atoms with E-state index in [-0.39, 0.29) is 43.2 Å². The van der Waals surface area contributed by atoms with Gasteiger partial charge in [-0.1, -0.05) is 34.8 Å². The summed E-state index contributed by atoms with van der Waals surface area (Å²) in [4.78, 5) is 49.0. The highest BCUT2D eigenvalue weighted by Crippen LogP contribution is 2.37. The number of carbonyl (C=O) groups is 3. The maximum atomic E-state index is 12.9. The quantitative estimate of drug-likeness (QED) is 0.0486. The number of amides is 2. The number of nitro benzene ring substituents is 1. The van der Waals surface area contributed by atoms with Crippen LogP contribution in [0.1, 0.15) is 42.9 Å². The average Bonchev–Trinajstić information content (AvgIpc) is 3.38. The van der Waals surface area contributed by atoms with Crippen molar-refractivity contribution in [2.24, 2.45) is 5.10 Å². The molecule has 0 aliphatic carbocycles. The van der Waals surface area contributed by atoms with Crippen molar-refractivity contribution in [1.82, 2.24) is 5.43 Å². The van der Waals surface area contributed by atoms with E-state index in [0.717, 1.165) is 11.3 Å². The van der Waals surface area contributed by atoms with Crippen LogP contribution in [0, 0.1) is 10.1 Å². The van der Waals surface area contributed by atoms with Gasteiger partial charge >= 0.3 is 5.97 Å². The van der Waals surface area contributed by atoms with E-state index in [1.54, 1.807) is 19.1 Å². The number of anilines is 1. The van der Waals surface area contributed by atoms with Gasteiger partial charge in [-0.05, 0) is 79.2 Å². The molecular formula is C32H21Cl3N4O7S. The van der Waals surface area contributed by atoms with Gasteiger partial charge in [0.25, 0.3) is 17.5 Å². The number of esters is 1. The number of hydrazone groups is 1. The van der Waals surface area contributed by atoms with Crippen LogP contribution in [-0.4, -0.2) is 35.5 Å². The third-order valence-electron chi connectivity index (χ3n) is 6.44. The zero-order chi connectivity index (χ0) is 33.7. The molecule has 0 saturated heterocycles. The molecule has 0 saturated carbocycles. The molecule has 1 heterocycles. The number of hydrogen-bond acceptors (Lipinski definition) is 9. The lowest BCUT2D eigenvalue weighted by molar-refractivity contribution is -0.384. The molecule has 0 radical (unpaired) electrons. The second-order valence-corrected chi connectivity index (χ2v) is 11.8. The minimum absolute atomic E-state index is 0.103. The Labute approximate surface area is 285 Å². The van der Waals surface area contributed by atoms with E-state index in [1.807, 2.05) is 0 Å². The molecule has 2 N–H and O–H groups in total. The van der Waals surface area contributed by atoms with E-state index in [1.165, 1.54) is 72.9 Å². The molecule has 0 aliphatic rings. The predicted octanol–water partition coefficient (Wildman–Crippen LogP) is 8.40. The maximum absolute atomic E-state index is 12.9. The number of ether oxygens (including phenoxy) is 2. The molecule has 0 atom stereocenters. The normalized spacial score (nSPS) is 11.0. The molecule has 0 fully saturated rings. The van der Waals surface area contributed by atoms with Gasteiger partial charge in [0.15, 0.2) is 11.5 Å². The number of nitrogens with one attached hydrogen (secondary N) is 2. The van der Waals surface area contributed by atoms with E-state index in [2.05, 4.69) is 15.8 Å². The fourth-order valence-corrected chi connectivity index (χ4v) is 6.13. The number of halogens is 3. The molecule has 15 heteroatoms. The lowest BCUT2D eigenvalue weighted by Gasteiger charge is -2.12. The lowest BCUT2D eigenvalue weighted by Crippen LogP contribution is -2.17. The van der Waals surface area contributed by atoms with Crippen LogP contribution in [0.3, 0.4) is 0 Å². The summed E-state index contributed by atoms with van der Waals surface area (Å²) in [6.07, 6.45) is 1.39. The third kappa shape index (κ3) is 7.87. The van der Waals surface area contributed by atoms with E-state index < -0.39 is 22.7 Å². The fourth-order valence-electron chi connectivity index (χ4n) is 4.20. The zero-order valence-corrected chi connectivity index (χ0v) is 27.2. The predicted molar refractivity (Wildman–Crippen MR) is 182 cm³/mol. The third-order valence-corrected chi connectivity index (χ3v) is 8.64. The Hall–Kier alpha value is -5.01. The summed E-state index contributed by atoms with van der Waals surface area (Å²) in [5, 5.41) is 19.0. The van der Waals surface area contributed by atoms with Crippen molar-refractivity contribution in [3.8, 4) is 11.5 Å². The Balaban J connectivity index is 1.20. The largest absolute Gasteiger partial charge is 0.490 e. The van der Waals surface area contributed by atoms with Crippen LogP contribution in [-0.2, 0) is 0 Å². The monoisotopic (exact) mass is 710 g/mol. The van der Waals surface area contributed by atoms with Gasteiger partial charge in [0.05, 0.1) is 33.4 Å². The number of nitro groups is 1. The Morgan fingerprint density at radius 3 is 2.40 bits per heavy atom. The minimum Gasteiger partial charge on any atom is -0.490 e. The van der Waals surface area contributed by atoms with Crippen LogP contribution in [0.25, 0.3) is 10.1 Å². The van der Waals surface area contributed by atoms with Gasteiger partial charge in [-0.25, -0.2) is 10.2 Å².